The summed E-state index contributed by atoms with van der Waals surface area (Å²) in [6.07, 6.45) is 1.10. The van der Waals surface area contributed by atoms with Crippen LogP contribution >= 0.6 is 0 Å². The molecule has 1 unspecified atom stereocenters. The maximum atomic E-state index is 9.48. The van der Waals surface area contributed by atoms with Gasteiger partial charge in [-0.25, -0.2) is 0 Å². The number of nitrogen functional groups attached to an aromatic ring is 1. The highest BCUT2D eigenvalue weighted by molar-refractivity contribution is 5.41. The quantitative estimate of drug-likeness (QED) is 0.643. The van der Waals surface area contributed by atoms with Gasteiger partial charge in [0.1, 0.15) is 0 Å². The van der Waals surface area contributed by atoms with Gasteiger partial charge in [0, 0.05) is 19.6 Å². The Bertz CT molecular complexity index is 382. The number of anilines is 3. The Morgan fingerprint density at radius 1 is 1.21 bits per heavy atom. The predicted octanol–water partition coefficient (Wildman–Crippen LogP) is 0.873. The molecule has 108 valence electrons. The fourth-order valence-corrected chi connectivity index (χ4v) is 1.66. The summed E-state index contributed by atoms with van der Waals surface area (Å²) >= 11 is 0. The summed E-state index contributed by atoms with van der Waals surface area (Å²) in [5.41, 5.74) is 5.69. The third kappa shape index (κ3) is 4.86. The molecule has 0 aliphatic heterocycles. The molecule has 0 radical (unpaired) electrons. The van der Waals surface area contributed by atoms with Crippen molar-refractivity contribution in [2.45, 2.75) is 39.7 Å². The van der Waals surface area contributed by atoms with Gasteiger partial charge < -0.3 is 21.1 Å². The molecule has 0 fully saturated rings. The first-order chi connectivity index (χ1) is 9.10. The predicted molar refractivity (Wildman–Crippen MR) is 77.2 cm³/mol. The Kier molecular flexibility index (Phi) is 6.27. The van der Waals surface area contributed by atoms with Crippen molar-refractivity contribution in [2.75, 3.05) is 35.6 Å². The second-order valence-electron chi connectivity index (χ2n) is 4.27. The van der Waals surface area contributed by atoms with Crippen LogP contribution in [0.3, 0.4) is 0 Å². The summed E-state index contributed by atoms with van der Waals surface area (Å²) < 4.78 is 0. The van der Waals surface area contributed by atoms with E-state index in [2.05, 4.69) is 20.3 Å². The van der Waals surface area contributed by atoms with Crippen molar-refractivity contribution >= 4 is 17.8 Å². The summed E-state index contributed by atoms with van der Waals surface area (Å²) in [6, 6.07) is 0. The summed E-state index contributed by atoms with van der Waals surface area (Å²) in [4.78, 5) is 14.5. The van der Waals surface area contributed by atoms with E-state index in [9.17, 15) is 5.11 Å². The van der Waals surface area contributed by atoms with E-state index in [0.29, 0.717) is 24.9 Å². The standard InChI is InChI=1S/C12H24N6O/c1-4-9(19)7-8-14-11-15-10(13)16-12(17-11)18(5-2)6-3/h9,19H,4-8H2,1-3H3,(H3,13,14,15,16,17). The van der Waals surface area contributed by atoms with Crippen LogP contribution < -0.4 is 16.0 Å². The summed E-state index contributed by atoms with van der Waals surface area (Å²) in [6.45, 7) is 8.25. The molecule has 1 aromatic rings. The number of rotatable bonds is 8. The summed E-state index contributed by atoms with van der Waals surface area (Å²) in [5, 5.41) is 12.5. The van der Waals surface area contributed by atoms with Gasteiger partial charge in [-0.1, -0.05) is 6.92 Å². The van der Waals surface area contributed by atoms with E-state index in [1.807, 2.05) is 25.7 Å². The maximum Gasteiger partial charge on any atom is 0.231 e. The largest absolute Gasteiger partial charge is 0.393 e. The fourth-order valence-electron chi connectivity index (χ4n) is 1.66. The van der Waals surface area contributed by atoms with Gasteiger partial charge in [0.2, 0.25) is 17.8 Å². The zero-order valence-electron chi connectivity index (χ0n) is 11.9. The first kappa shape index (κ1) is 15.4. The van der Waals surface area contributed by atoms with E-state index >= 15 is 0 Å². The third-order valence-electron chi connectivity index (χ3n) is 2.92. The molecule has 1 heterocycles. The molecule has 0 aliphatic rings. The highest BCUT2D eigenvalue weighted by Crippen LogP contribution is 2.11. The molecule has 7 nitrogen and oxygen atoms in total. The lowest BCUT2D eigenvalue weighted by Crippen LogP contribution is -2.25. The highest BCUT2D eigenvalue weighted by Gasteiger charge is 2.09. The van der Waals surface area contributed by atoms with E-state index in [4.69, 9.17) is 5.73 Å². The number of aromatic nitrogens is 3. The number of hydrogen-bond donors (Lipinski definition) is 3. The lowest BCUT2D eigenvalue weighted by molar-refractivity contribution is 0.164. The maximum absolute atomic E-state index is 9.48. The normalized spacial score (nSPS) is 12.2. The highest BCUT2D eigenvalue weighted by atomic mass is 16.3. The van der Waals surface area contributed by atoms with Gasteiger partial charge in [0.05, 0.1) is 6.10 Å². The van der Waals surface area contributed by atoms with Gasteiger partial charge in [-0.15, -0.1) is 0 Å². The molecule has 4 N–H and O–H groups in total. The van der Waals surface area contributed by atoms with Crippen LogP contribution in [0, 0.1) is 0 Å². The summed E-state index contributed by atoms with van der Waals surface area (Å²) in [7, 11) is 0. The van der Waals surface area contributed by atoms with Gasteiger partial charge in [0.15, 0.2) is 0 Å². The average molecular weight is 268 g/mol. The molecule has 0 aliphatic carbocycles. The van der Waals surface area contributed by atoms with E-state index < -0.39 is 0 Å². The van der Waals surface area contributed by atoms with Crippen LogP contribution in [-0.2, 0) is 0 Å². The van der Waals surface area contributed by atoms with Gasteiger partial charge in [-0.2, -0.15) is 15.0 Å². The number of hydrogen-bond acceptors (Lipinski definition) is 7. The molecule has 19 heavy (non-hydrogen) atoms. The fraction of sp³-hybridized carbons (Fsp3) is 0.750. The van der Waals surface area contributed by atoms with Gasteiger partial charge >= 0.3 is 0 Å². The molecule has 1 atom stereocenters. The van der Waals surface area contributed by atoms with E-state index in [-0.39, 0.29) is 12.1 Å². The van der Waals surface area contributed by atoms with Crippen molar-refractivity contribution in [1.29, 1.82) is 0 Å². The molecule has 0 saturated carbocycles. The molecule has 7 heteroatoms. The van der Waals surface area contributed by atoms with Gasteiger partial charge in [0.25, 0.3) is 0 Å². The minimum absolute atomic E-state index is 0.204. The zero-order valence-corrected chi connectivity index (χ0v) is 11.9. The summed E-state index contributed by atoms with van der Waals surface area (Å²) in [5.74, 6) is 1.24. The van der Waals surface area contributed by atoms with E-state index in [1.165, 1.54) is 0 Å². The molecular weight excluding hydrogens is 244 g/mol. The van der Waals surface area contributed by atoms with Gasteiger partial charge in [-0.05, 0) is 26.7 Å². The Morgan fingerprint density at radius 2 is 1.89 bits per heavy atom. The molecule has 1 aromatic heterocycles. The number of nitrogens with zero attached hydrogens (tertiary/aromatic N) is 4. The Balaban J connectivity index is 2.68. The lowest BCUT2D eigenvalue weighted by atomic mass is 10.2. The van der Waals surface area contributed by atoms with E-state index in [1.54, 1.807) is 0 Å². The topological polar surface area (TPSA) is 100 Å². The van der Waals surface area contributed by atoms with Crippen molar-refractivity contribution in [3.8, 4) is 0 Å². The average Bonchev–Trinajstić information content (AvgIpc) is 2.39. The van der Waals surface area contributed by atoms with Crippen LogP contribution in [0.2, 0.25) is 0 Å². The van der Waals surface area contributed by atoms with E-state index in [0.717, 1.165) is 19.5 Å². The third-order valence-corrected chi connectivity index (χ3v) is 2.92. The number of aliphatic hydroxyl groups is 1. The van der Waals surface area contributed by atoms with Crippen LogP contribution in [0.5, 0.6) is 0 Å². The van der Waals surface area contributed by atoms with Crippen molar-refractivity contribution in [3.63, 3.8) is 0 Å². The van der Waals surface area contributed by atoms with Crippen LogP contribution in [0.4, 0.5) is 17.8 Å². The lowest BCUT2D eigenvalue weighted by Gasteiger charge is -2.19. The zero-order chi connectivity index (χ0) is 14.3. The van der Waals surface area contributed by atoms with Crippen LogP contribution in [0.25, 0.3) is 0 Å². The molecule has 0 saturated heterocycles. The Morgan fingerprint density at radius 3 is 2.47 bits per heavy atom. The molecule has 0 amide bonds. The van der Waals surface area contributed by atoms with Crippen LogP contribution in [0.1, 0.15) is 33.6 Å². The van der Waals surface area contributed by atoms with Crippen molar-refractivity contribution in [1.82, 2.24) is 15.0 Å². The second kappa shape index (κ2) is 7.73. The number of nitrogens with one attached hydrogen (secondary N) is 1. The molecule has 0 bridgehead atoms. The SMILES string of the molecule is CCC(O)CCNc1nc(N)nc(N(CC)CC)n1. The smallest absolute Gasteiger partial charge is 0.231 e. The first-order valence-electron chi connectivity index (χ1n) is 6.79. The van der Waals surface area contributed by atoms with Crippen LogP contribution in [-0.4, -0.2) is 45.8 Å². The number of nitrogens with two attached hydrogens (primary N) is 1. The monoisotopic (exact) mass is 268 g/mol. The van der Waals surface area contributed by atoms with Gasteiger partial charge in [-0.3, -0.25) is 0 Å². The molecule has 1 rings (SSSR count). The first-order valence-corrected chi connectivity index (χ1v) is 6.79. The minimum atomic E-state index is -0.297. The molecular formula is C12H24N6O. The van der Waals surface area contributed by atoms with Crippen molar-refractivity contribution < 1.29 is 5.11 Å². The second-order valence-corrected chi connectivity index (χ2v) is 4.27. The number of aliphatic hydroxyl groups excluding tert-OH is 1. The Hall–Kier alpha value is -1.63. The van der Waals surface area contributed by atoms with Crippen LogP contribution in [0.15, 0.2) is 0 Å². The minimum Gasteiger partial charge on any atom is -0.393 e. The molecule has 0 aromatic carbocycles. The van der Waals surface area contributed by atoms with Crippen molar-refractivity contribution in [3.05, 3.63) is 0 Å². The molecule has 0 spiro atoms. The van der Waals surface area contributed by atoms with Crippen molar-refractivity contribution in [2.24, 2.45) is 0 Å². The Labute approximate surface area is 114 Å².